The second kappa shape index (κ2) is 5.41. The SMILES string of the molecule is CC(=O)C1=CC[C@H]2[C@@H]3C[C@H](O)[C@H]4C[C@@H](O)CC[C@]4(C)[C@H]3CC[C@]12C. The summed E-state index contributed by atoms with van der Waals surface area (Å²) in [6, 6.07) is 0. The molecule has 8 atom stereocenters. The lowest BCUT2D eigenvalue weighted by atomic mass is 9.44. The molecule has 0 amide bonds. The maximum atomic E-state index is 12.1. The summed E-state index contributed by atoms with van der Waals surface area (Å²) in [5.41, 5.74) is 1.22. The van der Waals surface area contributed by atoms with Gasteiger partial charge in [-0.25, -0.2) is 0 Å². The van der Waals surface area contributed by atoms with Crippen molar-refractivity contribution in [2.24, 2.45) is 34.5 Å². The molecule has 0 unspecified atom stereocenters. The van der Waals surface area contributed by atoms with Crippen LogP contribution in [-0.2, 0) is 4.79 Å². The Morgan fingerprint density at radius 2 is 1.83 bits per heavy atom. The second-order valence-electron chi connectivity index (χ2n) is 9.59. The number of allylic oxidation sites excluding steroid dienone is 2. The Morgan fingerprint density at radius 3 is 2.54 bits per heavy atom. The minimum Gasteiger partial charge on any atom is -0.393 e. The van der Waals surface area contributed by atoms with E-state index < -0.39 is 0 Å². The van der Waals surface area contributed by atoms with E-state index in [2.05, 4.69) is 19.9 Å². The third kappa shape index (κ3) is 2.13. The molecule has 0 aliphatic heterocycles. The summed E-state index contributed by atoms with van der Waals surface area (Å²) >= 11 is 0. The van der Waals surface area contributed by atoms with Gasteiger partial charge in [0.2, 0.25) is 0 Å². The molecule has 0 radical (unpaired) electrons. The van der Waals surface area contributed by atoms with Gasteiger partial charge in [0, 0.05) is 0 Å². The molecule has 0 spiro atoms. The van der Waals surface area contributed by atoms with Crippen LogP contribution in [0.5, 0.6) is 0 Å². The Labute approximate surface area is 145 Å². The number of aliphatic hydroxyl groups is 2. The zero-order valence-corrected chi connectivity index (χ0v) is 15.3. The standard InChI is InChI=1S/C21H32O3/c1-12(22)15-4-5-16-14-11-19(24)18-10-13(23)6-8-21(18,3)17(14)7-9-20(15,16)2/h4,13-14,16-19,23-24H,5-11H2,1-3H3/t13-,14-,16-,17-,18+,19-,20+,21+/m0/s1. The second-order valence-corrected chi connectivity index (χ2v) is 9.59. The molecule has 3 heteroatoms. The lowest BCUT2D eigenvalue weighted by Crippen LogP contribution is -2.58. The minimum absolute atomic E-state index is 0.0180. The van der Waals surface area contributed by atoms with E-state index in [0.717, 1.165) is 50.5 Å². The number of carbonyl (C=O) groups is 1. The fourth-order valence-corrected chi connectivity index (χ4v) is 7.39. The molecule has 0 saturated heterocycles. The van der Waals surface area contributed by atoms with E-state index in [1.54, 1.807) is 6.92 Å². The molecule has 2 N–H and O–H groups in total. The van der Waals surface area contributed by atoms with Gasteiger partial charge in [-0.15, -0.1) is 0 Å². The van der Waals surface area contributed by atoms with Crippen LogP contribution in [0, 0.1) is 34.5 Å². The van der Waals surface area contributed by atoms with Crippen molar-refractivity contribution in [3.8, 4) is 0 Å². The van der Waals surface area contributed by atoms with Crippen LogP contribution in [0.1, 0.15) is 65.7 Å². The van der Waals surface area contributed by atoms with Crippen molar-refractivity contribution in [2.75, 3.05) is 0 Å². The first-order chi connectivity index (χ1) is 11.3. The molecule has 4 aliphatic carbocycles. The molecule has 134 valence electrons. The maximum absolute atomic E-state index is 12.1. The van der Waals surface area contributed by atoms with Crippen LogP contribution in [0.4, 0.5) is 0 Å². The quantitative estimate of drug-likeness (QED) is 0.773. The zero-order chi connectivity index (χ0) is 17.3. The summed E-state index contributed by atoms with van der Waals surface area (Å²) in [6.07, 6.45) is 8.47. The summed E-state index contributed by atoms with van der Waals surface area (Å²) in [5, 5.41) is 21.0. The Balaban J connectivity index is 1.66. The molecule has 0 aromatic carbocycles. The topological polar surface area (TPSA) is 57.5 Å². The van der Waals surface area contributed by atoms with Gasteiger partial charge in [0.1, 0.15) is 0 Å². The number of fused-ring (bicyclic) bond motifs is 5. The van der Waals surface area contributed by atoms with E-state index in [1.807, 2.05) is 0 Å². The first kappa shape index (κ1) is 16.8. The van der Waals surface area contributed by atoms with Crippen LogP contribution >= 0.6 is 0 Å². The first-order valence-electron chi connectivity index (χ1n) is 9.85. The molecule has 3 saturated carbocycles. The predicted molar refractivity (Wildman–Crippen MR) is 93.3 cm³/mol. The molecule has 4 rings (SSSR count). The maximum Gasteiger partial charge on any atom is 0.156 e. The van der Waals surface area contributed by atoms with Gasteiger partial charge < -0.3 is 10.2 Å². The summed E-state index contributed by atoms with van der Waals surface area (Å²) in [6.45, 7) is 6.38. The Morgan fingerprint density at radius 1 is 1.08 bits per heavy atom. The largest absolute Gasteiger partial charge is 0.393 e. The Hall–Kier alpha value is -0.670. The molecule has 3 fully saturated rings. The molecule has 0 aromatic heterocycles. The van der Waals surface area contributed by atoms with Gasteiger partial charge in [0.25, 0.3) is 0 Å². The van der Waals surface area contributed by atoms with Gasteiger partial charge in [0.15, 0.2) is 5.78 Å². The van der Waals surface area contributed by atoms with Crippen molar-refractivity contribution in [1.82, 2.24) is 0 Å². The number of aliphatic hydroxyl groups excluding tert-OH is 2. The lowest BCUT2D eigenvalue weighted by molar-refractivity contribution is -0.165. The highest BCUT2D eigenvalue weighted by Crippen LogP contribution is 2.66. The van der Waals surface area contributed by atoms with Gasteiger partial charge in [-0.3, -0.25) is 4.79 Å². The number of hydrogen-bond donors (Lipinski definition) is 2. The summed E-state index contributed by atoms with van der Waals surface area (Å²) in [4.78, 5) is 12.1. The molecule has 0 aromatic rings. The number of rotatable bonds is 1. The lowest BCUT2D eigenvalue weighted by Gasteiger charge is -2.61. The third-order valence-corrected chi connectivity index (χ3v) is 8.61. The monoisotopic (exact) mass is 332 g/mol. The van der Waals surface area contributed by atoms with E-state index >= 15 is 0 Å². The van der Waals surface area contributed by atoms with E-state index in [9.17, 15) is 15.0 Å². The number of Topliss-reactive ketones (excluding diaryl/α,β-unsaturated/α-hetero) is 1. The summed E-state index contributed by atoms with van der Waals surface area (Å²) in [5.74, 6) is 2.14. The van der Waals surface area contributed by atoms with Crippen LogP contribution in [0.25, 0.3) is 0 Å². The summed E-state index contributed by atoms with van der Waals surface area (Å²) in [7, 11) is 0. The average molecular weight is 332 g/mol. The van der Waals surface area contributed by atoms with Crippen molar-refractivity contribution in [3.63, 3.8) is 0 Å². The van der Waals surface area contributed by atoms with Crippen molar-refractivity contribution in [3.05, 3.63) is 11.6 Å². The van der Waals surface area contributed by atoms with Crippen molar-refractivity contribution < 1.29 is 15.0 Å². The van der Waals surface area contributed by atoms with Gasteiger partial charge in [-0.1, -0.05) is 19.9 Å². The highest BCUT2D eigenvalue weighted by Gasteiger charge is 2.60. The molecule has 0 heterocycles. The highest BCUT2D eigenvalue weighted by molar-refractivity contribution is 5.95. The number of hydrogen-bond acceptors (Lipinski definition) is 3. The van der Waals surface area contributed by atoms with Crippen LogP contribution in [0.15, 0.2) is 11.6 Å². The highest BCUT2D eigenvalue weighted by atomic mass is 16.3. The van der Waals surface area contributed by atoms with Gasteiger partial charge >= 0.3 is 0 Å². The predicted octanol–water partition coefficient (Wildman–Crippen LogP) is 3.49. The van der Waals surface area contributed by atoms with Gasteiger partial charge in [-0.05, 0) is 91.9 Å². The minimum atomic E-state index is -0.296. The normalized spacial score (nSPS) is 53.6. The molecular formula is C21H32O3. The smallest absolute Gasteiger partial charge is 0.156 e. The van der Waals surface area contributed by atoms with Crippen molar-refractivity contribution in [2.45, 2.75) is 77.9 Å². The van der Waals surface area contributed by atoms with Crippen LogP contribution < -0.4 is 0 Å². The molecular weight excluding hydrogens is 300 g/mol. The van der Waals surface area contributed by atoms with E-state index in [0.29, 0.717) is 17.8 Å². The van der Waals surface area contributed by atoms with Gasteiger partial charge in [-0.2, -0.15) is 0 Å². The van der Waals surface area contributed by atoms with E-state index in [4.69, 9.17) is 0 Å². The van der Waals surface area contributed by atoms with Crippen molar-refractivity contribution in [1.29, 1.82) is 0 Å². The average Bonchev–Trinajstić information content (AvgIpc) is 2.87. The molecule has 0 bridgehead atoms. The molecule has 3 nitrogen and oxygen atoms in total. The van der Waals surface area contributed by atoms with Crippen molar-refractivity contribution >= 4 is 5.78 Å². The van der Waals surface area contributed by atoms with Crippen LogP contribution in [-0.4, -0.2) is 28.2 Å². The van der Waals surface area contributed by atoms with E-state index in [1.165, 1.54) is 0 Å². The number of carbonyl (C=O) groups excluding carboxylic acids is 1. The third-order valence-electron chi connectivity index (χ3n) is 8.61. The Bertz CT molecular complexity index is 582. The fraction of sp³-hybridized carbons (Fsp3) is 0.857. The van der Waals surface area contributed by atoms with Crippen LogP contribution in [0.3, 0.4) is 0 Å². The van der Waals surface area contributed by atoms with Crippen LogP contribution in [0.2, 0.25) is 0 Å². The zero-order valence-electron chi connectivity index (χ0n) is 15.3. The first-order valence-corrected chi connectivity index (χ1v) is 9.85. The fourth-order valence-electron chi connectivity index (χ4n) is 7.39. The molecule has 24 heavy (non-hydrogen) atoms. The number of ketones is 1. The summed E-state index contributed by atoms with van der Waals surface area (Å²) < 4.78 is 0. The Kier molecular flexibility index (Phi) is 3.78. The van der Waals surface area contributed by atoms with E-state index in [-0.39, 0.29) is 34.7 Å². The van der Waals surface area contributed by atoms with Gasteiger partial charge in [0.05, 0.1) is 12.2 Å². The molecule has 4 aliphatic rings.